The van der Waals surface area contributed by atoms with Crippen molar-refractivity contribution in [1.29, 1.82) is 0 Å². The van der Waals surface area contributed by atoms with Crippen molar-refractivity contribution in [3.05, 3.63) is 18.2 Å². The van der Waals surface area contributed by atoms with Crippen molar-refractivity contribution < 1.29 is 9.47 Å². The van der Waals surface area contributed by atoms with E-state index >= 15 is 0 Å². The van der Waals surface area contributed by atoms with E-state index in [0.717, 1.165) is 40.9 Å². The maximum atomic E-state index is 5.44. The summed E-state index contributed by atoms with van der Waals surface area (Å²) >= 11 is 1.57. The first-order chi connectivity index (χ1) is 12.3. The van der Waals surface area contributed by atoms with Crippen molar-refractivity contribution in [3.63, 3.8) is 0 Å². The van der Waals surface area contributed by atoms with Crippen LogP contribution in [0.5, 0.6) is 11.5 Å². The number of aromatic nitrogens is 3. The van der Waals surface area contributed by atoms with E-state index in [-0.39, 0.29) is 0 Å². The van der Waals surface area contributed by atoms with E-state index in [2.05, 4.69) is 20.7 Å². The first-order valence-electron chi connectivity index (χ1n) is 8.51. The van der Waals surface area contributed by atoms with Crippen LogP contribution in [0.25, 0.3) is 11.4 Å². The van der Waals surface area contributed by atoms with Crippen molar-refractivity contribution in [1.82, 2.24) is 14.8 Å². The Hall–Kier alpha value is -2.13. The Morgan fingerprint density at radius 2 is 1.80 bits per heavy atom. The molecule has 0 saturated heterocycles. The van der Waals surface area contributed by atoms with E-state index in [1.54, 1.807) is 26.0 Å². The van der Waals surface area contributed by atoms with Gasteiger partial charge in [-0.3, -0.25) is 4.57 Å². The number of hydrogen-bond donors (Lipinski definition) is 0. The van der Waals surface area contributed by atoms with Gasteiger partial charge in [-0.1, -0.05) is 36.9 Å². The monoisotopic (exact) mass is 357 g/mol. The SMILES string of the molecule is C#CCSc1nnc(-c2cc(OC)cc(OC)c2)n1C1CCCCC1. The molecule has 0 unspecified atom stereocenters. The molecule has 1 aliphatic carbocycles. The van der Waals surface area contributed by atoms with Crippen LogP contribution in [0.3, 0.4) is 0 Å². The number of methoxy groups -OCH3 is 2. The van der Waals surface area contributed by atoms with Crippen LogP contribution in [-0.2, 0) is 0 Å². The first-order valence-corrected chi connectivity index (χ1v) is 9.50. The van der Waals surface area contributed by atoms with Gasteiger partial charge in [0, 0.05) is 17.7 Å². The molecule has 0 aliphatic heterocycles. The number of thioether (sulfide) groups is 1. The van der Waals surface area contributed by atoms with Gasteiger partial charge in [0.1, 0.15) is 11.5 Å². The lowest BCUT2D eigenvalue weighted by atomic mass is 9.95. The van der Waals surface area contributed by atoms with Gasteiger partial charge in [-0.15, -0.1) is 16.6 Å². The summed E-state index contributed by atoms with van der Waals surface area (Å²) < 4.78 is 13.1. The lowest BCUT2D eigenvalue weighted by Crippen LogP contribution is -2.15. The number of terminal acetylenes is 1. The molecule has 0 atom stereocenters. The zero-order valence-corrected chi connectivity index (χ0v) is 15.5. The highest BCUT2D eigenvalue weighted by Gasteiger charge is 2.24. The molecule has 3 rings (SSSR count). The molecule has 0 bridgehead atoms. The topological polar surface area (TPSA) is 49.2 Å². The third kappa shape index (κ3) is 3.93. The maximum absolute atomic E-state index is 5.44. The molecule has 0 amide bonds. The van der Waals surface area contributed by atoms with Crippen LogP contribution in [0, 0.1) is 12.3 Å². The molecular weight excluding hydrogens is 334 g/mol. The van der Waals surface area contributed by atoms with Gasteiger partial charge in [0.05, 0.1) is 20.0 Å². The standard InChI is InChI=1S/C19H23N3O2S/c1-4-10-25-19-21-20-18(22(19)15-8-6-5-7-9-15)14-11-16(23-2)13-17(12-14)24-3/h1,11-13,15H,5-10H2,2-3H3. The van der Waals surface area contributed by atoms with Gasteiger partial charge in [-0.2, -0.15) is 0 Å². The predicted molar refractivity (Wildman–Crippen MR) is 100 cm³/mol. The van der Waals surface area contributed by atoms with Crippen molar-refractivity contribution in [2.45, 2.75) is 43.3 Å². The van der Waals surface area contributed by atoms with Gasteiger partial charge >= 0.3 is 0 Å². The summed E-state index contributed by atoms with van der Waals surface area (Å²) in [6.07, 6.45) is 11.5. The fourth-order valence-electron chi connectivity index (χ4n) is 3.28. The van der Waals surface area contributed by atoms with Crippen LogP contribution in [0.2, 0.25) is 0 Å². The van der Waals surface area contributed by atoms with E-state index < -0.39 is 0 Å². The van der Waals surface area contributed by atoms with Crippen LogP contribution in [0.15, 0.2) is 23.4 Å². The summed E-state index contributed by atoms with van der Waals surface area (Å²) in [6.45, 7) is 0. The molecule has 1 aromatic carbocycles. The summed E-state index contributed by atoms with van der Waals surface area (Å²) in [7, 11) is 3.30. The minimum Gasteiger partial charge on any atom is -0.497 e. The fourth-order valence-corrected chi connectivity index (χ4v) is 3.97. The van der Waals surface area contributed by atoms with E-state index in [9.17, 15) is 0 Å². The summed E-state index contributed by atoms with van der Waals surface area (Å²) in [6, 6.07) is 6.22. The molecule has 1 fully saturated rings. The van der Waals surface area contributed by atoms with Crippen LogP contribution in [-0.4, -0.2) is 34.7 Å². The lowest BCUT2D eigenvalue weighted by Gasteiger charge is -2.25. The highest BCUT2D eigenvalue weighted by molar-refractivity contribution is 7.99. The molecule has 1 aromatic heterocycles. The van der Waals surface area contributed by atoms with Crippen LogP contribution in [0.4, 0.5) is 0 Å². The molecule has 2 aromatic rings. The largest absolute Gasteiger partial charge is 0.497 e. The minimum absolute atomic E-state index is 0.413. The second-order valence-corrected chi connectivity index (χ2v) is 7.00. The zero-order valence-electron chi connectivity index (χ0n) is 14.7. The van der Waals surface area contributed by atoms with Crippen molar-refractivity contribution >= 4 is 11.8 Å². The average molecular weight is 357 g/mol. The molecule has 1 aliphatic rings. The van der Waals surface area contributed by atoms with Gasteiger partial charge < -0.3 is 9.47 Å². The quantitative estimate of drug-likeness (QED) is 0.573. The number of hydrogen-bond acceptors (Lipinski definition) is 5. The van der Waals surface area contributed by atoms with Gasteiger partial charge in [0.15, 0.2) is 11.0 Å². The molecule has 0 N–H and O–H groups in total. The van der Waals surface area contributed by atoms with E-state index in [1.807, 2.05) is 18.2 Å². The Bertz CT molecular complexity index is 738. The van der Waals surface area contributed by atoms with Gasteiger partial charge in [0.2, 0.25) is 0 Å². The van der Waals surface area contributed by atoms with Gasteiger partial charge in [-0.05, 0) is 25.0 Å². The van der Waals surface area contributed by atoms with Crippen molar-refractivity contribution in [3.8, 4) is 35.2 Å². The predicted octanol–water partition coefficient (Wildman–Crippen LogP) is 4.19. The third-order valence-corrected chi connectivity index (χ3v) is 5.35. The molecule has 1 saturated carbocycles. The van der Waals surface area contributed by atoms with Crippen molar-refractivity contribution in [2.75, 3.05) is 20.0 Å². The van der Waals surface area contributed by atoms with Crippen LogP contribution < -0.4 is 9.47 Å². The highest BCUT2D eigenvalue weighted by atomic mass is 32.2. The van der Waals surface area contributed by atoms with E-state index in [0.29, 0.717) is 11.8 Å². The molecule has 0 spiro atoms. The first kappa shape index (κ1) is 17.7. The Balaban J connectivity index is 2.06. The summed E-state index contributed by atoms with van der Waals surface area (Å²) in [5.74, 6) is 5.60. The molecular formula is C19H23N3O2S. The molecule has 1 heterocycles. The van der Waals surface area contributed by atoms with Gasteiger partial charge in [0.25, 0.3) is 0 Å². The summed E-state index contributed by atoms with van der Waals surface area (Å²) in [5, 5.41) is 9.78. The second kappa shape index (κ2) is 8.30. The average Bonchev–Trinajstić information content (AvgIpc) is 3.10. The molecule has 0 radical (unpaired) electrons. The smallest absolute Gasteiger partial charge is 0.192 e. The number of nitrogens with zero attached hydrogens (tertiary/aromatic N) is 3. The fraction of sp³-hybridized carbons (Fsp3) is 0.474. The maximum Gasteiger partial charge on any atom is 0.192 e. The summed E-state index contributed by atoms with van der Waals surface area (Å²) in [4.78, 5) is 0. The third-order valence-electron chi connectivity index (χ3n) is 4.50. The highest BCUT2D eigenvalue weighted by Crippen LogP contribution is 2.37. The van der Waals surface area contributed by atoms with Crippen LogP contribution in [0.1, 0.15) is 38.1 Å². The number of benzene rings is 1. The Labute approximate surface area is 153 Å². The summed E-state index contributed by atoms with van der Waals surface area (Å²) in [5.41, 5.74) is 0.946. The second-order valence-electron chi connectivity index (χ2n) is 6.06. The number of ether oxygens (including phenoxy) is 2. The van der Waals surface area contributed by atoms with E-state index in [1.165, 1.54) is 19.3 Å². The number of rotatable bonds is 6. The molecule has 6 heteroatoms. The minimum atomic E-state index is 0.413. The lowest BCUT2D eigenvalue weighted by molar-refractivity contribution is 0.339. The Morgan fingerprint density at radius 1 is 1.12 bits per heavy atom. The molecule has 25 heavy (non-hydrogen) atoms. The normalized spacial score (nSPS) is 14.9. The Kier molecular flexibility index (Phi) is 5.87. The van der Waals surface area contributed by atoms with Crippen LogP contribution >= 0.6 is 11.8 Å². The Morgan fingerprint density at radius 3 is 2.40 bits per heavy atom. The van der Waals surface area contributed by atoms with E-state index in [4.69, 9.17) is 15.9 Å². The molecule has 5 nitrogen and oxygen atoms in total. The molecule has 132 valence electrons. The van der Waals surface area contributed by atoms with Crippen molar-refractivity contribution in [2.24, 2.45) is 0 Å². The van der Waals surface area contributed by atoms with Gasteiger partial charge in [-0.25, -0.2) is 0 Å². The zero-order chi connectivity index (χ0) is 17.6.